The molecule has 0 bridgehead atoms. The zero-order chi connectivity index (χ0) is 12.8. The van der Waals surface area contributed by atoms with Crippen molar-refractivity contribution in [3.63, 3.8) is 0 Å². The molecule has 2 atom stereocenters. The van der Waals surface area contributed by atoms with Gasteiger partial charge in [-0.1, -0.05) is 43.6 Å². The molecule has 17 heavy (non-hydrogen) atoms. The lowest BCUT2D eigenvalue weighted by Gasteiger charge is -2.14. The third kappa shape index (κ3) is 4.78. The van der Waals surface area contributed by atoms with Gasteiger partial charge in [-0.25, -0.2) is 0 Å². The highest BCUT2D eigenvalue weighted by atomic mass is 35.5. The Morgan fingerprint density at radius 2 is 1.94 bits per heavy atom. The van der Waals surface area contributed by atoms with E-state index in [0.717, 1.165) is 29.8 Å². The molecule has 94 valence electrons. The number of benzene rings is 1. The summed E-state index contributed by atoms with van der Waals surface area (Å²) in [5, 5.41) is 9.60. The SMILES string of the molecule is CC(CCC(C)C(=O)O)Cc1ccccc1Cl. The Bertz CT molecular complexity index is 376. The van der Waals surface area contributed by atoms with Crippen molar-refractivity contribution in [1.82, 2.24) is 0 Å². The van der Waals surface area contributed by atoms with E-state index in [4.69, 9.17) is 16.7 Å². The first-order valence-electron chi connectivity index (χ1n) is 5.97. The third-order valence-corrected chi connectivity index (χ3v) is 3.41. The van der Waals surface area contributed by atoms with Crippen LogP contribution in [0.2, 0.25) is 5.02 Å². The maximum Gasteiger partial charge on any atom is 0.306 e. The highest BCUT2D eigenvalue weighted by Crippen LogP contribution is 2.22. The minimum atomic E-state index is -0.713. The molecule has 0 radical (unpaired) electrons. The van der Waals surface area contributed by atoms with Gasteiger partial charge in [-0.2, -0.15) is 0 Å². The molecular weight excluding hydrogens is 236 g/mol. The van der Waals surface area contributed by atoms with Crippen molar-refractivity contribution >= 4 is 17.6 Å². The number of hydrogen-bond acceptors (Lipinski definition) is 1. The van der Waals surface area contributed by atoms with Gasteiger partial charge in [0.25, 0.3) is 0 Å². The maximum absolute atomic E-state index is 10.7. The molecule has 0 heterocycles. The molecule has 0 saturated heterocycles. The molecule has 2 unspecified atom stereocenters. The molecule has 1 aromatic rings. The topological polar surface area (TPSA) is 37.3 Å². The zero-order valence-electron chi connectivity index (χ0n) is 10.3. The number of carboxylic acids is 1. The van der Waals surface area contributed by atoms with Crippen LogP contribution in [0.15, 0.2) is 24.3 Å². The van der Waals surface area contributed by atoms with Crippen LogP contribution in [0.5, 0.6) is 0 Å². The van der Waals surface area contributed by atoms with Gasteiger partial charge >= 0.3 is 5.97 Å². The van der Waals surface area contributed by atoms with Crippen LogP contribution in [-0.4, -0.2) is 11.1 Å². The van der Waals surface area contributed by atoms with Gasteiger partial charge in [0.05, 0.1) is 5.92 Å². The molecule has 1 rings (SSSR count). The van der Waals surface area contributed by atoms with E-state index < -0.39 is 5.97 Å². The van der Waals surface area contributed by atoms with Gasteiger partial charge in [-0.15, -0.1) is 0 Å². The summed E-state index contributed by atoms with van der Waals surface area (Å²) < 4.78 is 0. The van der Waals surface area contributed by atoms with Crippen molar-refractivity contribution in [2.45, 2.75) is 33.1 Å². The molecule has 1 aromatic carbocycles. The molecule has 0 aliphatic heterocycles. The average molecular weight is 255 g/mol. The van der Waals surface area contributed by atoms with E-state index in [9.17, 15) is 4.79 Å². The number of carbonyl (C=O) groups is 1. The van der Waals surface area contributed by atoms with E-state index >= 15 is 0 Å². The van der Waals surface area contributed by atoms with Crippen molar-refractivity contribution in [3.8, 4) is 0 Å². The van der Waals surface area contributed by atoms with Gasteiger partial charge in [-0.05, 0) is 36.8 Å². The quantitative estimate of drug-likeness (QED) is 0.833. The highest BCUT2D eigenvalue weighted by molar-refractivity contribution is 6.31. The van der Waals surface area contributed by atoms with Crippen LogP contribution in [-0.2, 0) is 11.2 Å². The summed E-state index contributed by atoms with van der Waals surface area (Å²) in [6, 6.07) is 7.82. The first-order chi connectivity index (χ1) is 8.00. The standard InChI is InChI=1S/C14H19ClO2/c1-10(7-8-11(2)14(16)17)9-12-5-3-4-6-13(12)15/h3-6,10-11H,7-9H2,1-2H3,(H,16,17). The Morgan fingerprint density at radius 1 is 1.29 bits per heavy atom. The molecule has 0 saturated carbocycles. The van der Waals surface area contributed by atoms with Gasteiger partial charge in [0.1, 0.15) is 0 Å². The second-order valence-corrected chi connectivity index (χ2v) is 5.12. The van der Waals surface area contributed by atoms with E-state index in [-0.39, 0.29) is 5.92 Å². The van der Waals surface area contributed by atoms with Crippen molar-refractivity contribution in [2.24, 2.45) is 11.8 Å². The van der Waals surface area contributed by atoms with Crippen LogP contribution < -0.4 is 0 Å². The zero-order valence-corrected chi connectivity index (χ0v) is 11.1. The number of hydrogen-bond donors (Lipinski definition) is 1. The number of aliphatic carboxylic acids is 1. The number of carboxylic acid groups (broad SMARTS) is 1. The second kappa shape index (κ2) is 6.65. The minimum absolute atomic E-state index is 0.260. The summed E-state index contributed by atoms with van der Waals surface area (Å²) >= 11 is 6.09. The van der Waals surface area contributed by atoms with Crippen LogP contribution in [0, 0.1) is 11.8 Å². The van der Waals surface area contributed by atoms with Crippen LogP contribution in [0.25, 0.3) is 0 Å². The second-order valence-electron chi connectivity index (χ2n) is 4.72. The van der Waals surface area contributed by atoms with Crippen molar-refractivity contribution in [2.75, 3.05) is 0 Å². The lowest BCUT2D eigenvalue weighted by atomic mass is 9.93. The molecule has 0 spiro atoms. The fourth-order valence-electron chi connectivity index (χ4n) is 1.80. The van der Waals surface area contributed by atoms with Crippen molar-refractivity contribution in [1.29, 1.82) is 0 Å². The Hall–Kier alpha value is -1.02. The largest absolute Gasteiger partial charge is 0.481 e. The molecule has 0 fully saturated rings. The Balaban J connectivity index is 2.42. The van der Waals surface area contributed by atoms with Gasteiger partial charge in [-0.3, -0.25) is 4.79 Å². The summed E-state index contributed by atoms with van der Waals surface area (Å²) in [6.07, 6.45) is 2.55. The van der Waals surface area contributed by atoms with E-state index in [1.165, 1.54) is 0 Å². The minimum Gasteiger partial charge on any atom is -0.481 e. The molecule has 0 aliphatic rings. The Kier molecular flexibility index (Phi) is 5.49. The smallest absolute Gasteiger partial charge is 0.306 e. The van der Waals surface area contributed by atoms with Gasteiger partial charge in [0.2, 0.25) is 0 Å². The van der Waals surface area contributed by atoms with Gasteiger partial charge in [0, 0.05) is 5.02 Å². The highest BCUT2D eigenvalue weighted by Gasteiger charge is 2.13. The maximum atomic E-state index is 10.7. The molecule has 0 amide bonds. The molecule has 0 aromatic heterocycles. The summed E-state index contributed by atoms with van der Waals surface area (Å²) in [7, 11) is 0. The molecule has 1 N–H and O–H groups in total. The molecule has 3 heteroatoms. The Morgan fingerprint density at radius 3 is 2.53 bits per heavy atom. The van der Waals surface area contributed by atoms with Crippen molar-refractivity contribution < 1.29 is 9.90 Å². The monoisotopic (exact) mass is 254 g/mol. The van der Waals surface area contributed by atoms with E-state index in [2.05, 4.69) is 6.92 Å². The number of rotatable bonds is 6. The van der Waals surface area contributed by atoms with Crippen LogP contribution >= 0.6 is 11.6 Å². The normalized spacial score (nSPS) is 14.3. The molecule has 0 aliphatic carbocycles. The van der Waals surface area contributed by atoms with E-state index in [0.29, 0.717) is 5.92 Å². The predicted octanol–water partition coefficient (Wildman–Crippen LogP) is 4.02. The van der Waals surface area contributed by atoms with Gasteiger partial charge in [0.15, 0.2) is 0 Å². The van der Waals surface area contributed by atoms with E-state index in [1.54, 1.807) is 6.92 Å². The van der Waals surface area contributed by atoms with Crippen molar-refractivity contribution in [3.05, 3.63) is 34.9 Å². The lowest BCUT2D eigenvalue weighted by Crippen LogP contribution is -2.11. The fraction of sp³-hybridized carbons (Fsp3) is 0.500. The molecule has 2 nitrogen and oxygen atoms in total. The number of halogens is 1. The summed E-state index contributed by atoms with van der Waals surface area (Å²) in [6.45, 7) is 3.89. The van der Waals surface area contributed by atoms with E-state index in [1.807, 2.05) is 24.3 Å². The summed E-state index contributed by atoms with van der Waals surface area (Å²) in [4.78, 5) is 10.7. The van der Waals surface area contributed by atoms with Gasteiger partial charge < -0.3 is 5.11 Å². The van der Waals surface area contributed by atoms with Crippen LogP contribution in [0.4, 0.5) is 0 Å². The summed E-state index contributed by atoms with van der Waals surface area (Å²) in [5.74, 6) is -0.518. The summed E-state index contributed by atoms with van der Waals surface area (Å²) in [5.41, 5.74) is 1.14. The first-order valence-corrected chi connectivity index (χ1v) is 6.34. The third-order valence-electron chi connectivity index (χ3n) is 3.04. The lowest BCUT2D eigenvalue weighted by molar-refractivity contribution is -0.141. The first kappa shape index (κ1) is 14.0. The fourth-order valence-corrected chi connectivity index (χ4v) is 2.01. The Labute approximate surface area is 108 Å². The van der Waals surface area contributed by atoms with Crippen LogP contribution in [0.3, 0.4) is 0 Å². The van der Waals surface area contributed by atoms with Crippen LogP contribution in [0.1, 0.15) is 32.3 Å². The molecular formula is C14H19ClO2. The predicted molar refractivity (Wildman–Crippen MR) is 70.4 cm³/mol. The average Bonchev–Trinajstić information content (AvgIpc) is 2.29.